The maximum atomic E-state index is 10.8. The van der Waals surface area contributed by atoms with Gasteiger partial charge < -0.3 is 5.32 Å². The molecule has 0 aliphatic heterocycles. The van der Waals surface area contributed by atoms with Gasteiger partial charge in [0.15, 0.2) is 0 Å². The molecule has 0 aliphatic rings. The van der Waals surface area contributed by atoms with E-state index in [2.05, 4.69) is 18.5 Å². The lowest BCUT2D eigenvalue weighted by atomic mass is 10.6. The van der Waals surface area contributed by atoms with Gasteiger partial charge in [-0.15, -0.1) is 13.2 Å². The van der Waals surface area contributed by atoms with Crippen LogP contribution in [0, 0.1) is 0 Å². The zero-order valence-corrected chi connectivity index (χ0v) is 7.02. The molecule has 1 amide bonds. The predicted octanol–water partition coefficient (Wildman–Crippen LogP) is 0.817. The van der Waals surface area contributed by atoms with Crippen molar-refractivity contribution in [2.45, 2.75) is 0 Å². The lowest BCUT2D eigenvalue weighted by Gasteiger charge is -1.98. The Hall–Kier alpha value is -0.900. The van der Waals surface area contributed by atoms with Crippen LogP contribution in [0.25, 0.3) is 0 Å². The summed E-state index contributed by atoms with van der Waals surface area (Å²) in [4.78, 5) is 10.8. The van der Waals surface area contributed by atoms with Gasteiger partial charge in [0.1, 0.15) is 10.8 Å². The first-order valence-corrected chi connectivity index (χ1v) is 4.42. The molecule has 11 heavy (non-hydrogen) atoms. The number of carbonyl (C=O) groups is 1. The van der Waals surface area contributed by atoms with Crippen LogP contribution in [0.1, 0.15) is 0 Å². The number of hydrogen-bond acceptors (Lipinski definition) is 2. The summed E-state index contributed by atoms with van der Waals surface area (Å²) < 4.78 is 10.8. The van der Waals surface area contributed by atoms with Gasteiger partial charge in [0.05, 0.1) is 5.75 Å². The quantitative estimate of drug-likeness (QED) is 0.640. The van der Waals surface area contributed by atoms with Gasteiger partial charge >= 0.3 is 5.24 Å². The number of hydrogen-bond donors (Lipinski definition) is 1. The fourth-order valence-corrected chi connectivity index (χ4v) is 1.03. The molecule has 0 aromatic rings. The lowest BCUT2D eigenvalue weighted by molar-refractivity contribution is 0.260. The van der Waals surface area contributed by atoms with Gasteiger partial charge in [-0.2, -0.15) is 0 Å². The largest absolute Gasteiger partial charge is 0.341 e. The molecule has 1 unspecified atom stereocenters. The van der Waals surface area contributed by atoms with Crippen LogP contribution in [-0.2, 0) is 10.8 Å². The monoisotopic (exact) mass is 173 g/mol. The van der Waals surface area contributed by atoms with Gasteiger partial charge in [0.25, 0.3) is 0 Å². The van der Waals surface area contributed by atoms with Crippen molar-refractivity contribution in [1.82, 2.24) is 5.32 Å². The molecule has 0 rings (SSSR count). The van der Waals surface area contributed by atoms with Crippen LogP contribution in [0.3, 0.4) is 0 Å². The minimum absolute atomic E-state index is 0.197. The number of nitrogens with one attached hydrogen (secondary N) is 1. The van der Waals surface area contributed by atoms with E-state index in [1.165, 1.54) is 12.2 Å². The van der Waals surface area contributed by atoms with Gasteiger partial charge in [0.2, 0.25) is 0 Å². The van der Waals surface area contributed by atoms with E-state index in [9.17, 15) is 9.00 Å². The highest BCUT2D eigenvalue weighted by atomic mass is 32.2. The first-order chi connectivity index (χ1) is 5.22. The molecule has 0 saturated carbocycles. The highest BCUT2D eigenvalue weighted by Gasteiger charge is 2.06. The van der Waals surface area contributed by atoms with Crippen LogP contribution in [0.2, 0.25) is 0 Å². The van der Waals surface area contributed by atoms with Crippen LogP contribution in [0.5, 0.6) is 0 Å². The summed E-state index contributed by atoms with van der Waals surface area (Å²) in [6.45, 7) is 7.12. The fourth-order valence-electron chi connectivity index (χ4n) is 0.419. The molecule has 0 spiro atoms. The van der Waals surface area contributed by atoms with Crippen molar-refractivity contribution in [1.29, 1.82) is 0 Å². The van der Waals surface area contributed by atoms with Crippen molar-refractivity contribution < 1.29 is 9.00 Å². The summed E-state index contributed by atoms with van der Waals surface area (Å²) >= 11 is 0. The summed E-state index contributed by atoms with van der Waals surface area (Å²) in [6.07, 6.45) is 2.98. The van der Waals surface area contributed by atoms with Gasteiger partial charge in [-0.3, -0.25) is 4.79 Å². The van der Waals surface area contributed by atoms with Gasteiger partial charge in [-0.25, -0.2) is 4.21 Å². The summed E-state index contributed by atoms with van der Waals surface area (Å²) in [5.41, 5.74) is 0. The molecule has 3 nitrogen and oxygen atoms in total. The Morgan fingerprint density at radius 2 is 2.09 bits per heavy atom. The SMILES string of the molecule is C=CCNC(=O)S(=O)CC=C. The predicted molar refractivity (Wildman–Crippen MR) is 46.8 cm³/mol. The molecular formula is C7H11NO2S. The Balaban J connectivity index is 3.72. The van der Waals surface area contributed by atoms with Crippen molar-refractivity contribution >= 4 is 16.0 Å². The standard InChI is InChI=1S/C7H11NO2S/c1-3-5-8-7(9)11(10)6-4-2/h3-4H,1-2,5-6H2,(H,8,9). The van der Waals surface area contributed by atoms with E-state index >= 15 is 0 Å². The minimum Gasteiger partial charge on any atom is -0.341 e. The van der Waals surface area contributed by atoms with E-state index in [-0.39, 0.29) is 5.75 Å². The summed E-state index contributed by atoms with van der Waals surface area (Å²) in [6, 6.07) is 0. The Kier molecular flexibility index (Phi) is 5.37. The van der Waals surface area contributed by atoms with Crippen molar-refractivity contribution in [3.63, 3.8) is 0 Å². The highest BCUT2D eigenvalue weighted by Crippen LogP contribution is 1.84. The van der Waals surface area contributed by atoms with Crippen LogP contribution in [-0.4, -0.2) is 21.7 Å². The molecule has 0 saturated heterocycles. The molecule has 62 valence electrons. The van der Waals surface area contributed by atoms with E-state index in [1.807, 2.05) is 0 Å². The second-order valence-electron chi connectivity index (χ2n) is 1.76. The lowest BCUT2D eigenvalue weighted by Crippen LogP contribution is -2.26. The molecule has 0 heterocycles. The third-order valence-corrected chi connectivity index (χ3v) is 1.96. The second kappa shape index (κ2) is 5.85. The average Bonchev–Trinajstić information content (AvgIpc) is 2.00. The normalized spacial score (nSPS) is 11.6. The third kappa shape index (κ3) is 4.50. The minimum atomic E-state index is -1.48. The molecule has 0 aromatic heterocycles. The summed E-state index contributed by atoms with van der Waals surface area (Å²) in [5.74, 6) is 0.197. The molecule has 0 bridgehead atoms. The Labute approximate surface area is 68.6 Å². The molecular weight excluding hydrogens is 162 g/mol. The van der Waals surface area contributed by atoms with Crippen LogP contribution in [0.15, 0.2) is 25.3 Å². The Morgan fingerprint density at radius 1 is 1.45 bits per heavy atom. The fraction of sp³-hybridized carbons (Fsp3) is 0.286. The first-order valence-electron chi connectivity index (χ1n) is 3.10. The van der Waals surface area contributed by atoms with Gasteiger partial charge in [-0.05, 0) is 0 Å². The zero-order valence-electron chi connectivity index (χ0n) is 6.21. The van der Waals surface area contributed by atoms with Crippen molar-refractivity contribution in [2.24, 2.45) is 0 Å². The number of amides is 1. The summed E-state index contributed by atoms with van der Waals surface area (Å²) in [5, 5.41) is 1.94. The van der Waals surface area contributed by atoms with Gasteiger partial charge in [-0.1, -0.05) is 12.2 Å². The second-order valence-corrected chi connectivity index (χ2v) is 3.15. The molecule has 0 aromatic carbocycles. The van der Waals surface area contributed by atoms with Crippen molar-refractivity contribution in [3.05, 3.63) is 25.3 Å². The van der Waals surface area contributed by atoms with Crippen molar-refractivity contribution in [3.8, 4) is 0 Å². The van der Waals surface area contributed by atoms with Gasteiger partial charge in [0, 0.05) is 6.54 Å². The van der Waals surface area contributed by atoms with E-state index in [1.54, 1.807) is 0 Å². The van der Waals surface area contributed by atoms with Crippen LogP contribution in [0.4, 0.5) is 4.79 Å². The molecule has 0 radical (unpaired) electrons. The smallest absolute Gasteiger partial charge is 0.309 e. The zero-order chi connectivity index (χ0) is 8.69. The van der Waals surface area contributed by atoms with Crippen molar-refractivity contribution in [2.75, 3.05) is 12.3 Å². The Bertz CT molecular complexity index is 189. The molecule has 4 heteroatoms. The Morgan fingerprint density at radius 3 is 2.55 bits per heavy atom. The van der Waals surface area contributed by atoms with E-state index in [0.29, 0.717) is 6.54 Å². The van der Waals surface area contributed by atoms with E-state index in [4.69, 9.17) is 0 Å². The third-order valence-electron chi connectivity index (χ3n) is 0.867. The summed E-state index contributed by atoms with van der Waals surface area (Å²) in [7, 11) is -1.48. The average molecular weight is 173 g/mol. The van der Waals surface area contributed by atoms with Crippen LogP contribution < -0.4 is 5.32 Å². The van der Waals surface area contributed by atoms with E-state index < -0.39 is 16.0 Å². The number of carbonyl (C=O) groups excluding carboxylic acids is 1. The first kappa shape index (κ1) is 10.1. The molecule has 1 atom stereocenters. The molecule has 0 fully saturated rings. The highest BCUT2D eigenvalue weighted by molar-refractivity contribution is 8.00. The topological polar surface area (TPSA) is 46.2 Å². The molecule has 0 aliphatic carbocycles. The maximum absolute atomic E-state index is 10.8. The van der Waals surface area contributed by atoms with Crippen LogP contribution >= 0.6 is 0 Å². The van der Waals surface area contributed by atoms with E-state index in [0.717, 1.165) is 0 Å². The molecule has 1 N–H and O–H groups in total. The number of rotatable bonds is 4. The maximum Gasteiger partial charge on any atom is 0.309 e.